The lowest BCUT2D eigenvalue weighted by Gasteiger charge is -2.16. The molecule has 0 aliphatic heterocycles. The summed E-state index contributed by atoms with van der Waals surface area (Å²) in [6.07, 6.45) is -3.26. The van der Waals surface area contributed by atoms with Gasteiger partial charge in [0.15, 0.2) is 5.75 Å². The number of hydrogen-bond donors (Lipinski definition) is 0. The maximum Gasteiger partial charge on any atom is 0.416 e. The fourth-order valence-corrected chi connectivity index (χ4v) is 2.24. The molecule has 0 radical (unpaired) electrons. The lowest BCUT2D eigenvalue weighted by Crippen LogP contribution is -2.04. The Balaban J connectivity index is 2.50. The summed E-state index contributed by atoms with van der Waals surface area (Å²) in [7, 11) is 0. The van der Waals surface area contributed by atoms with Gasteiger partial charge in [-0.2, -0.15) is 18.2 Å². The molecular formula is C18H16F3NO2. The number of aryl methyl sites for hydroxylation is 1. The summed E-state index contributed by atoms with van der Waals surface area (Å²) in [5, 5.41) is 0. The van der Waals surface area contributed by atoms with Crippen LogP contribution >= 0.6 is 0 Å². The number of aliphatic imine (C=N–C) groups is 1. The zero-order valence-electron chi connectivity index (χ0n) is 13.4. The van der Waals surface area contributed by atoms with E-state index in [4.69, 9.17) is 4.74 Å². The van der Waals surface area contributed by atoms with Crippen LogP contribution in [0.4, 0.5) is 18.9 Å². The minimum absolute atomic E-state index is 0.0684. The predicted octanol–water partition coefficient (Wildman–Crippen LogP) is 5.90. The van der Waals surface area contributed by atoms with Crippen LogP contribution in [0.1, 0.15) is 36.5 Å². The van der Waals surface area contributed by atoms with Crippen molar-refractivity contribution in [2.45, 2.75) is 32.9 Å². The summed E-state index contributed by atoms with van der Waals surface area (Å²) in [6.45, 7) is 5.84. The third kappa shape index (κ3) is 4.03. The fourth-order valence-electron chi connectivity index (χ4n) is 2.24. The fraction of sp³-hybridized carbons (Fsp3) is 0.278. The number of rotatable bonds is 4. The molecule has 6 heteroatoms. The molecule has 2 aromatic carbocycles. The van der Waals surface area contributed by atoms with Crippen molar-refractivity contribution in [2.24, 2.45) is 4.99 Å². The van der Waals surface area contributed by atoms with E-state index in [2.05, 4.69) is 4.99 Å². The lowest BCUT2D eigenvalue weighted by molar-refractivity contribution is -0.137. The van der Waals surface area contributed by atoms with Crippen LogP contribution < -0.4 is 4.74 Å². The number of hydrogen-bond acceptors (Lipinski definition) is 3. The van der Waals surface area contributed by atoms with E-state index in [9.17, 15) is 18.0 Å². The van der Waals surface area contributed by atoms with Crippen LogP contribution in [0.3, 0.4) is 0 Å². The standard InChI is InChI=1S/C18H16F3NO2/c1-11(2)14-6-4-12(3)8-17(14)24-16-7-5-13(18(19,20)21)9-15(16)22-10-23/h4-9,11H,1-3H3. The van der Waals surface area contributed by atoms with E-state index < -0.39 is 11.7 Å². The maximum atomic E-state index is 12.8. The van der Waals surface area contributed by atoms with E-state index in [0.717, 1.165) is 29.3 Å². The van der Waals surface area contributed by atoms with Gasteiger partial charge in [0.05, 0.1) is 5.56 Å². The SMILES string of the molecule is Cc1ccc(C(C)C)c(Oc2ccc(C(F)(F)F)cc2N=C=O)c1. The second kappa shape index (κ2) is 6.89. The van der Waals surface area contributed by atoms with Gasteiger partial charge in [-0.1, -0.05) is 26.0 Å². The Labute approximate surface area is 137 Å². The number of ether oxygens (including phenoxy) is 1. The molecule has 0 aliphatic carbocycles. The van der Waals surface area contributed by atoms with Crippen LogP contribution in [0.2, 0.25) is 0 Å². The van der Waals surface area contributed by atoms with Gasteiger partial charge in [-0.25, -0.2) is 4.79 Å². The largest absolute Gasteiger partial charge is 0.455 e. The zero-order chi connectivity index (χ0) is 17.9. The molecule has 24 heavy (non-hydrogen) atoms. The van der Waals surface area contributed by atoms with E-state index >= 15 is 0 Å². The molecule has 0 unspecified atom stereocenters. The van der Waals surface area contributed by atoms with E-state index in [1.54, 1.807) is 6.07 Å². The highest BCUT2D eigenvalue weighted by Crippen LogP contribution is 2.39. The van der Waals surface area contributed by atoms with Gasteiger partial charge in [0.1, 0.15) is 11.4 Å². The average molecular weight is 335 g/mol. The molecule has 0 aliphatic rings. The number of halogens is 3. The van der Waals surface area contributed by atoms with Gasteiger partial charge in [-0.15, -0.1) is 0 Å². The van der Waals surface area contributed by atoms with Crippen molar-refractivity contribution in [3.8, 4) is 11.5 Å². The van der Waals surface area contributed by atoms with Gasteiger partial charge in [-0.05, 0) is 48.2 Å². The number of alkyl halides is 3. The topological polar surface area (TPSA) is 38.7 Å². The first-order chi connectivity index (χ1) is 11.2. The zero-order valence-corrected chi connectivity index (χ0v) is 13.4. The second-order valence-corrected chi connectivity index (χ2v) is 5.68. The van der Waals surface area contributed by atoms with Crippen LogP contribution in [-0.2, 0) is 11.0 Å². The predicted molar refractivity (Wildman–Crippen MR) is 84.6 cm³/mol. The third-order valence-corrected chi connectivity index (χ3v) is 3.46. The van der Waals surface area contributed by atoms with Gasteiger partial charge >= 0.3 is 6.18 Å². The minimum atomic E-state index is -4.53. The number of nitrogens with zero attached hydrogens (tertiary/aromatic N) is 1. The van der Waals surface area contributed by atoms with E-state index in [0.29, 0.717) is 5.75 Å². The van der Waals surface area contributed by atoms with Crippen LogP contribution in [0, 0.1) is 6.92 Å². The van der Waals surface area contributed by atoms with E-state index in [1.807, 2.05) is 32.9 Å². The molecule has 0 bridgehead atoms. The molecule has 2 rings (SSSR count). The summed E-state index contributed by atoms with van der Waals surface area (Å²) in [5.74, 6) is 0.749. The molecule has 0 N–H and O–H groups in total. The summed E-state index contributed by atoms with van der Waals surface area (Å²) in [6, 6.07) is 8.45. The summed E-state index contributed by atoms with van der Waals surface area (Å²) >= 11 is 0. The molecule has 0 amide bonds. The minimum Gasteiger partial charge on any atom is -0.455 e. The lowest BCUT2D eigenvalue weighted by atomic mass is 10.0. The summed E-state index contributed by atoms with van der Waals surface area (Å²) < 4.78 is 44.2. The van der Waals surface area contributed by atoms with Crippen molar-refractivity contribution in [3.05, 3.63) is 53.1 Å². The summed E-state index contributed by atoms with van der Waals surface area (Å²) in [5.41, 5.74) is 0.733. The molecule has 0 saturated carbocycles. The number of carbonyl (C=O) groups excluding carboxylic acids is 1. The van der Waals surface area contributed by atoms with Gasteiger partial charge in [0.2, 0.25) is 6.08 Å². The van der Waals surface area contributed by atoms with Crippen LogP contribution in [0.25, 0.3) is 0 Å². The second-order valence-electron chi connectivity index (χ2n) is 5.68. The van der Waals surface area contributed by atoms with Crippen LogP contribution in [0.15, 0.2) is 41.4 Å². The van der Waals surface area contributed by atoms with Crippen LogP contribution in [0.5, 0.6) is 11.5 Å². The van der Waals surface area contributed by atoms with Crippen LogP contribution in [-0.4, -0.2) is 6.08 Å². The maximum absolute atomic E-state index is 12.8. The Hall–Kier alpha value is -2.59. The molecule has 0 atom stereocenters. The van der Waals surface area contributed by atoms with E-state index in [1.165, 1.54) is 6.08 Å². The summed E-state index contributed by atoms with van der Waals surface area (Å²) in [4.78, 5) is 13.9. The Morgan fingerprint density at radius 3 is 2.38 bits per heavy atom. The highest BCUT2D eigenvalue weighted by molar-refractivity contribution is 5.60. The third-order valence-electron chi connectivity index (χ3n) is 3.46. The van der Waals surface area contributed by atoms with Gasteiger partial charge < -0.3 is 4.74 Å². The molecular weight excluding hydrogens is 319 g/mol. The molecule has 0 heterocycles. The van der Waals surface area contributed by atoms with Crippen molar-refractivity contribution in [1.29, 1.82) is 0 Å². The normalized spacial score (nSPS) is 11.3. The van der Waals surface area contributed by atoms with E-state index in [-0.39, 0.29) is 17.4 Å². The van der Waals surface area contributed by atoms with Crippen molar-refractivity contribution in [2.75, 3.05) is 0 Å². The van der Waals surface area contributed by atoms with Gasteiger partial charge in [0, 0.05) is 0 Å². The van der Waals surface area contributed by atoms with Crippen molar-refractivity contribution < 1.29 is 22.7 Å². The molecule has 0 spiro atoms. The molecule has 0 fully saturated rings. The molecule has 126 valence electrons. The quantitative estimate of drug-likeness (QED) is 0.515. The van der Waals surface area contributed by atoms with Crippen molar-refractivity contribution >= 4 is 11.8 Å². The van der Waals surface area contributed by atoms with Gasteiger partial charge in [-0.3, -0.25) is 0 Å². The average Bonchev–Trinajstić information content (AvgIpc) is 2.48. The first-order valence-corrected chi connectivity index (χ1v) is 7.30. The Bertz CT molecular complexity index is 791. The number of isocyanates is 1. The highest BCUT2D eigenvalue weighted by Gasteiger charge is 2.31. The van der Waals surface area contributed by atoms with Gasteiger partial charge in [0.25, 0.3) is 0 Å². The van der Waals surface area contributed by atoms with Crippen molar-refractivity contribution in [1.82, 2.24) is 0 Å². The Morgan fingerprint density at radius 1 is 1.08 bits per heavy atom. The molecule has 0 saturated heterocycles. The number of benzene rings is 2. The highest BCUT2D eigenvalue weighted by atomic mass is 19.4. The van der Waals surface area contributed by atoms with Crippen molar-refractivity contribution in [3.63, 3.8) is 0 Å². The Kier molecular flexibility index (Phi) is 5.10. The molecule has 0 aromatic heterocycles. The molecule has 3 nitrogen and oxygen atoms in total. The first-order valence-electron chi connectivity index (χ1n) is 7.30. The monoisotopic (exact) mass is 335 g/mol. The smallest absolute Gasteiger partial charge is 0.416 e. The Morgan fingerprint density at radius 2 is 1.79 bits per heavy atom. The molecule has 2 aromatic rings. The first kappa shape index (κ1) is 17.8.